The van der Waals surface area contributed by atoms with Gasteiger partial charge in [0.15, 0.2) is 0 Å². The van der Waals surface area contributed by atoms with Crippen molar-refractivity contribution in [3.63, 3.8) is 0 Å². The predicted molar refractivity (Wildman–Crippen MR) is 80.6 cm³/mol. The lowest BCUT2D eigenvalue weighted by molar-refractivity contribution is 0.421. The van der Waals surface area contributed by atoms with Crippen LogP contribution < -0.4 is 5.32 Å². The van der Waals surface area contributed by atoms with Gasteiger partial charge in [-0.3, -0.25) is 0 Å². The van der Waals surface area contributed by atoms with Crippen LogP contribution in [0.1, 0.15) is 28.2 Å². The Hall–Kier alpha value is -1.67. The average Bonchev–Trinajstić information content (AvgIpc) is 2.41. The van der Waals surface area contributed by atoms with E-state index < -0.39 is 0 Å². The van der Waals surface area contributed by atoms with E-state index in [-0.39, 0.29) is 5.82 Å². The van der Waals surface area contributed by atoms with Gasteiger partial charge in [-0.05, 0) is 61.2 Å². The van der Waals surface area contributed by atoms with Crippen molar-refractivity contribution in [3.05, 3.63) is 70.5 Å². The molecule has 0 heterocycles. The van der Waals surface area contributed by atoms with Crippen LogP contribution in [0.25, 0.3) is 0 Å². The Bertz CT molecular complexity index is 621. The fraction of sp³-hybridized carbons (Fsp3) is 0.333. The summed E-state index contributed by atoms with van der Waals surface area (Å²) < 4.78 is 13.2. The van der Waals surface area contributed by atoms with Crippen molar-refractivity contribution in [2.75, 3.05) is 7.05 Å². The first-order valence-electron chi connectivity index (χ1n) is 7.19. The molecule has 2 heteroatoms. The van der Waals surface area contributed by atoms with Gasteiger partial charge in [-0.15, -0.1) is 0 Å². The van der Waals surface area contributed by atoms with Crippen LogP contribution in [0.5, 0.6) is 0 Å². The molecule has 0 aromatic heterocycles. The van der Waals surface area contributed by atoms with Crippen molar-refractivity contribution in [2.45, 2.75) is 31.7 Å². The fourth-order valence-electron chi connectivity index (χ4n) is 3.23. The maximum atomic E-state index is 13.2. The third-order valence-electron chi connectivity index (χ3n) is 4.50. The van der Waals surface area contributed by atoms with E-state index in [4.69, 9.17) is 0 Å². The molecule has 0 amide bonds. The minimum Gasteiger partial charge on any atom is -0.316 e. The Labute approximate surface area is 119 Å². The molecule has 0 aliphatic heterocycles. The molecule has 104 valence electrons. The second-order valence-electron chi connectivity index (χ2n) is 5.68. The molecule has 0 spiro atoms. The van der Waals surface area contributed by atoms with Gasteiger partial charge in [0.1, 0.15) is 5.82 Å². The number of hydrogen-bond donors (Lipinski definition) is 1. The highest BCUT2D eigenvalue weighted by Crippen LogP contribution is 2.38. The molecule has 1 N–H and O–H groups in total. The maximum absolute atomic E-state index is 13.2. The Morgan fingerprint density at radius 2 is 2.05 bits per heavy atom. The third-order valence-corrected chi connectivity index (χ3v) is 4.50. The zero-order valence-electron chi connectivity index (χ0n) is 12.0. The molecule has 2 aromatic rings. The van der Waals surface area contributed by atoms with Crippen LogP contribution in [-0.4, -0.2) is 13.1 Å². The van der Waals surface area contributed by atoms with Gasteiger partial charge >= 0.3 is 0 Å². The fourth-order valence-corrected chi connectivity index (χ4v) is 3.23. The van der Waals surface area contributed by atoms with Crippen molar-refractivity contribution in [1.29, 1.82) is 0 Å². The van der Waals surface area contributed by atoms with Gasteiger partial charge in [0.25, 0.3) is 0 Å². The number of likely N-dealkylation sites (N-methyl/N-ethyl adjacent to an activating group) is 1. The lowest BCUT2D eigenvalue weighted by Crippen LogP contribution is -2.39. The second kappa shape index (κ2) is 5.37. The average molecular weight is 269 g/mol. The molecular formula is C18H20FN. The van der Waals surface area contributed by atoms with Crippen LogP contribution in [0.2, 0.25) is 0 Å². The van der Waals surface area contributed by atoms with Crippen LogP contribution in [0.15, 0.2) is 42.5 Å². The third kappa shape index (κ3) is 2.36. The standard InChI is InChI=1S/C18H20FN/c1-12-9-15(19)8-7-13(12)11-18(20-2)17-10-14-5-3-4-6-16(14)17/h3-9,17-18,20H,10-11H2,1-2H3. The summed E-state index contributed by atoms with van der Waals surface area (Å²) >= 11 is 0. The minimum atomic E-state index is -0.152. The molecule has 1 nitrogen and oxygen atoms in total. The highest BCUT2D eigenvalue weighted by molar-refractivity contribution is 5.42. The zero-order valence-corrected chi connectivity index (χ0v) is 12.0. The van der Waals surface area contributed by atoms with Gasteiger partial charge in [0.2, 0.25) is 0 Å². The lowest BCUT2D eigenvalue weighted by Gasteiger charge is -2.36. The van der Waals surface area contributed by atoms with Crippen molar-refractivity contribution in [1.82, 2.24) is 5.32 Å². The Morgan fingerprint density at radius 1 is 1.25 bits per heavy atom. The van der Waals surface area contributed by atoms with Gasteiger partial charge in [-0.2, -0.15) is 0 Å². The molecule has 0 fully saturated rings. The van der Waals surface area contributed by atoms with E-state index in [1.54, 1.807) is 12.1 Å². The SMILES string of the molecule is CNC(Cc1ccc(F)cc1C)C1Cc2ccccc21. The largest absolute Gasteiger partial charge is 0.316 e. The zero-order chi connectivity index (χ0) is 14.1. The summed E-state index contributed by atoms with van der Waals surface area (Å²) in [6.07, 6.45) is 2.09. The van der Waals surface area contributed by atoms with Gasteiger partial charge in [0.05, 0.1) is 0 Å². The number of halogens is 1. The predicted octanol–water partition coefficient (Wildman–Crippen LogP) is 3.60. The van der Waals surface area contributed by atoms with Crippen molar-refractivity contribution in [3.8, 4) is 0 Å². The monoisotopic (exact) mass is 269 g/mol. The van der Waals surface area contributed by atoms with Crippen molar-refractivity contribution in [2.24, 2.45) is 0 Å². The summed E-state index contributed by atoms with van der Waals surface area (Å²) in [5.74, 6) is 0.418. The quantitative estimate of drug-likeness (QED) is 0.894. The van der Waals surface area contributed by atoms with Crippen molar-refractivity contribution >= 4 is 0 Å². The summed E-state index contributed by atoms with van der Waals surface area (Å²) in [6.45, 7) is 1.99. The van der Waals surface area contributed by atoms with Crippen LogP contribution in [0.4, 0.5) is 4.39 Å². The second-order valence-corrected chi connectivity index (χ2v) is 5.68. The molecule has 2 atom stereocenters. The maximum Gasteiger partial charge on any atom is 0.123 e. The highest BCUT2D eigenvalue weighted by Gasteiger charge is 2.31. The summed E-state index contributed by atoms with van der Waals surface area (Å²) in [5, 5.41) is 3.44. The topological polar surface area (TPSA) is 12.0 Å². The number of rotatable bonds is 4. The highest BCUT2D eigenvalue weighted by atomic mass is 19.1. The van der Waals surface area contributed by atoms with E-state index in [1.807, 2.05) is 20.0 Å². The van der Waals surface area contributed by atoms with E-state index in [1.165, 1.54) is 16.7 Å². The smallest absolute Gasteiger partial charge is 0.123 e. The van der Waals surface area contributed by atoms with Gasteiger partial charge in [0, 0.05) is 12.0 Å². The molecule has 1 aliphatic carbocycles. The molecule has 1 aliphatic rings. The Balaban J connectivity index is 1.79. The van der Waals surface area contributed by atoms with E-state index >= 15 is 0 Å². The molecule has 20 heavy (non-hydrogen) atoms. The number of aryl methyl sites for hydroxylation is 1. The molecule has 2 aromatic carbocycles. The number of nitrogens with one attached hydrogen (secondary N) is 1. The van der Waals surface area contributed by atoms with Gasteiger partial charge < -0.3 is 5.32 Å². The number of fused-ring (bicyclic) bond motifs is 1. The molecule has 0 bridgehead atoms. The van der Waals surface area contributed by atoms with Gasteiger partial charge in [-0.1, -0.05) is 30.3 Å². The van der Waals surface area contributed by atoms with Crippen LogP contribution in [0.3, 0.4) is 0 Å². The van der Waals surface area contributed by atoms with E-state index in [0.29, 0.717) is 12.0 Å². The first-order chi connectivity index (χ1) is 9.69. The van der Waals surface area contributed by atoms with Crippen LogP contribution in [0, 0.1) is 12.7 Å². The molecule has 0 saturated carbocycles. The van der Waals surface area contributed by atoms with E-state index in [2.05, 4.69) is 29.6 Å². The summed E-state index contributed by atoms with van der Waals surface area (Å²) in [7, 11) is 2.02. The van der Waals surface area contributed by atoms with E-state index in [9.17, 15) is 4.39 Å². The van der Waals surface area contributed by atoms with Gasteiger partial charge in [-0.25, -0.2) is 4.39 Å². The summed E-state index contributed by atoms with van der Waals surface area (Å²) in [4.78, 5) is 0. The Morgan fingerprint density at radius 3 is 2.75 bits per heavy atom. The molecule has 0 radical (unpaired) electrons. The molecule has 0 saturated heterocycles. The Kier molecular flexibility index (Phi) is 3.58. The molecule has 2 unspecified atom stereocenters. The van der Waals surface area contributed by atoms with Crippen LogP contribution in [-0.2, 0) is 12.8 Å². The number of benzene rings is 2. The molecular weight excluding hydrogens is 249 g/mol. The minimum absolute atomic E-state index is 0.152. The summed E-state index contributed by atoms with van der Waals surface area (Å²) in [6, 6.07) is 14.2. The molecule has 3 rings (SSSR count). The number of hydrogen-bond acceptors (Lipinski definition) is 1. The normalized spacial score (nSPS) is 18.2. The first-order valence-corrected chi connectivity index (χ1v) is 7.19. The van der Waals surface area contributed by atoms with Crippen molar-refractivity contribution < 1.29 is 4.39 Å². The lowest BCUT2D eigenvalue weighted by atomic mass is 9.72. The van der Waals surface area contributed by atoms with Crippen LogP contribution >= 0.6 is 0 Å². The van der Waals surface area contributed by atoms with E-state index in [0.717, 1.165) is 18.4 Å². The first kappa shape index (κ1) is 13.3. The summed E-state index contributed by atoms with van der Waals surface area (Å²) in [5.41, 5.74) is 5.20.